The largest absolute Gasteiger partial charge is 0.492 e. The number of carboxylic acids is 1. The van der Waals surface area contributed by atoms with Gasteiger partial charge in [-0.15, -0.1) is 0 Å². The maximum Gasteiger partial charge on any atom is 0.335 e. The third-order valence-electron chi connectivity index (χ3n) is 3.12. The third-order valence-corrected chi connectivity index (χ3v) is 3.12. The normalized spacial score (nSPS) is 29.8. The topological polar surface area (TPSA) is 46.5 Å². The molecule has 0 spiro atoms. The summed E-state index contributed by atoms with van der Waals surface area (Å²) < 4.78 is 5.81. The molecule has 3 heteroatoms. The Morgan fingerprint density at radius 2 is 1.93 bits per heavy atom. The zero-order chi connectivity index (χ0) is 11.2. The zero-order valence-electron chi connectivity index (χ0n) is 9.54. The standard InChI is InChI=1S/C12H18O3/c1-12(2,3)15-10-8-5-4-7(6-8)9(10)11(13)14/h7-8H,4-6H2,1-3H3,(H,13,14). The van der Waals surface area contributed by atoms with Crippen molar-refractivity contribution in [2.75, 3.05) is 0 Å². The minimum absolute atomic E-state index is 0.241. The van der Waals surface area contributed by atoms with Crippen molar-refractivity contribution in [3.8, 4) is 0 Å². The Kier molecular flexibility index (Phi) is 2.28. The molecule has 1 saturated carbocycles. The lowest BCUT2D eigenvalue weighted by Crippen LogP contribution is -2.23. The molecule has 0 aliphatic heterocycles. The molecule has 0 aromatic carbocycles. The molecule has 1 fully saturated rings. The van der Waals surface area contributed by atoms with Crippen LogP contribution in [0.1, 0.15) is 40.0 Å². The lowest BCUT2D eigenvalue weighted by molar-refractivity contribution is -0.133. The van der Waals surface area contributed by atoms with Crippen LogP contribution in [0.2, 0.25) is 0 Å². The number of hydrogen-bond acceptors (Lipinski definition) is 2. The molecule has 0 heterocycles. The van der Waals surface area contributed by atoms with Crippen molar-refractivity contribution in [1.82, 2.24) is 0 Å². The Morgan fingerprint density at radius 1 is 1.33 bits per heavy atom. The average molecular weight is 210 g/mol. The summed E-state index contributed by atoms with van der Waals surface area (Å²) in [7, 11) is 0. The predicted molar refractivity (Wildman–Crippen MR) is 56.3 cm³/mol. The molecule has 3 nitrogen and oxygen atoms in total. The fourth-order valence-electron chi connectivity index (χ4n) is 2.65. The quantitative estimate of drug-likeness (QED) is 0.762. The first-order chi connectivity index (χ1) is 6.88. The first-order valence-electron chi connectivity index (χ1n) is 5.55. The van der Waals surface area contributed by atoms with Gasteiger partial charge in [0.25, 0.3) is 0 Å². The van der Waals surface area contributed by atoms with E-state index in [1.165, 1.54) is 0 Å². The second-order valence-electron chi connectivity index (χ2n) is 5.50. The number of allylic oxidation sites excluding steroid dienone is 1. The molecule has 2 aliphatic carbocycles. The first kappa shape index (κ1) is 10.5. The highest BCUT2D eigenvalue weighted by molar-refractivity contribution is 5.89. The molecular formula is C12H18O3. The lowest BCUT2D eigenvalue weighted by Gasteiger charge is -2.27. The molecule has 2 bridgehead atoms. The number of hydrogen-bond donors (Lipinski definition) is 1. The van der Waals surface area contributed by atoms with Crippen LogP contribution in [0.3, 0.4) is 0 Å². The van der Waals surface area contributed by atoms with E-state index in [4.69, 9.17) is 9.84 Å². The number of ether oxygens (including phenoxy) is 1. The van der Waals surface area contributed by atoms with Crippen molar-refractivity contribution in [2.45, 2.75) is 45.6 Å². The second kappa shape index (κ2) is 3.26. The smallest absolute Gasteiger partial charge is 0.335 e. The van der Waals surface area contributed by atoms with E-state index in [-0.39, 0.29) is 11.5 Å². The van der Waals surface area contributed by atoms with Crippen molar-refractivity contribution in [1.29, 1.82) is 0 Å². The Labute approximate surface area is 90.1 Å². The first-order valence-corrected chi connectivity index (χ1v) is 5.55. The summed E-state index contributed by atoms with van der Waals surface area (Å²) in [6.45, 7) is 5.89. The molecule has 2 rings (SSSR count). The van der Waals surface area contributed by atoms with E-state index >= 15 is 0 Å². The fraction of sp³-hybridized carbons (Fsp3) is 0.750. The van der Waals surface area contributed by atoms with Gasteiger partial charge in [-0.3, -0.25) is 0 Å². The highest BCUT2D eigenvalue weighted by atomic mass is 16.5. The minimum Gasteiger partial charge on any atom is -0.492 e. The van der Waals surface area contributed by atoms with E-state index in [2.05, 4.69) is 0 Å². The van der Waals surface area contributed by atoms with Crippen LogP contribution in [0.15, 0.2) is 11.3 Å². The van der Waals surface area contributed by atoms with Gasteiger partial charge >= 0.3 is 5.97 Å². The number of fused-ring (bicyclic) bond motifs is 2. The molecule has 15 heavy (non-hydrogen) atoms. The number of rotatable bonds is 2. The van der Waals surface area contributed by atoms with Crippen LogP contribution < -0.4 is 0 Å². The van der Waals surface area contributed by atoms with Crippen molar-refractivity contribution in [3.63, 3.8) is 0 Å². The predicted octanol–water partition coefficient (Wildman–Crippen LogP) is 2.57. The van der Waals surface area contributed by atoms with Gasteiger partial charge in [-0.25, -0.2) is 4.79 Å². The number of carboxylic acid groups (broad SMARTS) is 1. The Morgan fingerprint density at radius 3 is 2.47 bits per heavy atom. The van der Waals surface area contributed by atoms with E-state index in [1.807, 2.05) is 20.8 Å². The Hall–Kier alpha value is -0.990. The van der Waals surface area contributed by atoms with Crippen molar-refractivity contribution < 1.29 is 14.6 Å². The van der Waals surface area contributed by atoms with Crippen LogP contribution in [-0.2, 0) is 9.53 Å². The van der Waals surface area contributed by atoms with Crippen LogP contribution in [0.25, 0.3) is 0 Å². The SMILES string of the molecule is CC(C)(C)OC1=C(C(=O)O)C2CCC1C2. The zero-order valence-corrected chi connectivity index (χ0v) is 9.54. The molecule has 0 saturated heterocycles. The number of carbonyl (C=O) groups is 1. The van der Waals surface area contributed by atoms with Gasteiger partial charge in [-0.2, -0.15) is 0 Å². The monoisotopic (exact) mass is 210 g/mol. The van der Waals surface area contributed by atoms with Crippen LogP contribution >= 0.6 is 0 Å². The van der Waals surface area contributed by atoms with Crippen LogP contribution in [0, 0.1) is 11.8 Å². The van der Waals surface area contributed by atoms with Crippen LogP contribution in [0.4, 0.5) is 0 Å². The molecule has 0 aromatic rings. The molecule has 1 N–H and O–H groups in total. The van der Waals surface area contributed by atoms with Crippen molar-refractivity contribution in [3.05, 3.63) is 11.3 Å². The summed E-state index contributed by atoms with van der Waals surface area (Å²) in [6, 6.07) is 0. The molecular weight excluding hydrogens is 192 g/mol. The average Bonchev–Trinajstić information content (AvgIpc) is 2.59. The fourth-order valence-corrected chi connectivity index (χ4v) is 2.65. The van der Waals surface area contributed by atoms with E-state index in [9.17, 15) is 4.79 Å². The molecule has 2 atom stereocenters. The van der Waals surface area contributed by atoms with E-state index in [0.717, 1.165) is 25.0 Å². The Bertz CT molecular complexity index is 322. The van der Waals surface area contributed by atoms with Gasteiger partial charge in [0.05, 0.1) is 5.57 Å². The summed E-state index contributed by atoms with van der Waals surface area (Å²) in [4.78, 5) is 11.1. The van der Waals surface area contributed by atoms with Crippen molar-refractivity contribution >= 4 is 5.97 Å². The Balaban J connectivity index is 2.29. The third kappa shape index (κ3) is 1.87. The highest BCUT2D eigenvalue weighted by Crippen LogP contribution is 2.49. The van der Waals surface area contributed by atoms with Crippen LogP contribution in [-0.4, -0.2) is 16.7 Å². The molecule has 0 amide bonds. The summed E-state index contributed by atoms with van der Waals surface area (Å²) in [5.41, 5.74) is 0.252. The lowest BCUT2D eigenvalue weighted by atomic mass is 9.97. The molecule has 84 valence electrons. The van der Waals surface area contributed by atoms with E-state index in [0.29, 0.717) is 11.5 Å². The van der Waals surface area contributed by atoms with E-state index in [1.54, 1.807) is 0 Å². The summed E-state index contributed by atoms with van der Waals surface area (Å²) in [5, 5.41) is 9.16. The van der Waals surface area contributed by atoms with Gasteiger partial charge in [-0.05, 0) is 46.0 Å². The van der Waals surface area contributed by atoms with E-state index < -0.39 is 5.97 Å². The second-order valence-corrected chi connectivity index (χ2v) is 5.50. The maximum atomic E-state index is 11.1. The summed E-state index contributed by atoms with van der Waals surface area (Å²) in [6.07, 6.45) is 3.09. The summed E-state index contributed by atoms with van der Waals surface area (Å²) >= 11 is 0. The number of aliphatic carboxylic acids is 1. The van der Waals surface area contributed by atoms with Gasteiger partial charge in [-0.1, -0.05) is 0 Å². The van der Waals surface area contributed by atoms with Gasteiger partial charge in [0.15, 0.2) is 0 Å². The highest BCUT2D eigenvalue weighted by Gasteiger charge is 2.44. The molecule has 2 aliphatic rings. The molecule has 0 radical (unpaired) electrons. The summed E-state index contributed by atoms with van der Waals surface area (Å²) in [5.74, 6) is 0.567. The van der Waals surface area contributed by atoms with Crippen molar-refractivity contribution in [2.24, 2.45) is 11.8 Å². The minimum atomic E-state index is -0.790. The molecule has 2 unspecified atom stereocenters. The van der Waals surface area contributed by atoms with Crippen LogP contribution in [0.5, 0.6) is 0 Å². The van der Waals surface area contributed by atoms with Gasteiger partial charge in [0, 0.05) is 5.92 Å². The van der Waals surface area contributed by atoms with Gasteiger partial charge < -0.3 is 9.84 Å². The van der Waals surface area contributed by atoms with Gasteiger partial charge in [0.2, 0.25) is 0 Å². The molecule has 0 aromatic heterocycles. The van der Waals surface area contributed by atoms with Gasteiger partial charge in [0.1, 0.15) is 11.4 Å². The maximum absolute atomic E-state index is 11.1.